The van der Waals surface area contributed by atoms with Gasteiger partial charge in [-0.05, 0) is 74.4 Å². The third-order valence-corrected chi connectivity index (χ3v) is 4.76. The van der Waals surface area contributed by atoms with Gasteiger partial charge in [0.25, 0.3) is 5.91 Å². The Hall–Kier alpha value is -4.11. The zero-order valence-electron chi connectivity index (χ0n) is 16.9. The molecule has 0 saturated carbocycles. The average Bonchev–Trinajstić information content (AvgIpc) is 2.99. The van der Waals surface area contributed by atoms with Gasteiger partial charge in [0.1, 0.15) is 11.6 Å². The molecule has 2 aromatic carbocycles. The minimum Gasteiger partial charge on any atom is -0.478 e. The number of rotatable bonds is 5. The molecular weight excluding hydrogens is 378 g/mol. The second-order valence-corrected chi connectivity index (χ2v) is 7.01. The number of carbonyl (C=O) groups is 2. The van der Waals surface area contributed by atoms with Crippen LogP contribution in [0.2, 0.25) is 0 Å². The number of hydrogen-bond donors (Lipinski definition) is 2. The number of benzene rings is 2. The summed E-state index contributed by atoms with van der Waals surface area (Å²) in [6.45, 7) is 5.67. The highest BCUT2D eigenvalue weighted by atomic mass is 16.4. The zero-order valence-corrected chi connectivity index (χ0v) is 16.9. The van der Waals surface area contributed by atoms with Gasteiger partial charge in [-0.3, -0.25) is 4.79 Å². The Morgan fingerprint density at radius 1 is 1.07 bits per heavy atom. The quantitative estimate of drug-likeness (QED) is 0.482. The van der Waals surface area contributed by atoms with Gasteiger partial charge in [0.2, 0.25) is 0 Å². The molecule has 0 aliphatic rings. The molecule has 150 valence electrons. The molecule has 0 aliphatic heterocycles. The Labute approximate surface area is 174 Å². The molecule has 0 radical (unpaired) electrons. The summed E-state index contributed by atoms with van der Waals surface area (Å²) in [5, 5.41) is 21.5. The standard InChI is InChI=1S/C24H21N3O3/c1-15-6-4-8-21(10-15)26-23(28)20(14-25)12-19-11-16(2)27(17(19)3)22-9-5-7-18(13-22)24(29)30/h4-13H,1-3H3,(H,26,28)(H,29,30)/b20-12-. The van der Waals surface area contributed by atoms with Gasteiger partial charge in [-0.1, -0.05) is 18.2 Å². The molecule has 1 amide bonds. The highest BCUT2D eigenvalue weighted by Crippen LogP contribution is 2.24. The van der Waals surface area contributed by atoms with Crippen LogP contribution in [0.3, 0.4) is 0 Å². The molecule has 6 nitrogen and oxygen atoms in total. The van der Waals surface area contributed by atoms with Gasteiger partial charge in [0, 0.05) is 22.8 Å². The highest BCUT2D eigenvalue weighted by molar-refractivity contribution is 6.09. The molecule has 0 unspecified atom stereocenters. The number of aromatic carboxylic acids is 1. The Morgan fingerprint density at radius 3 is 2.47 bits per heavy atom. The number of hydrogen-bond acceptors (Lipinski definition) is 3. The maximum Gasteiger partial charge on any atom is 0.335 e. The maximum atomic E-state index is 12.6. The summed E-state index contributed by atoms with van der Waals surface area (Å²) in [6, 6.07) is 17.8. The first-order valence-corrected chi connectivity index (χ1v) is 9.32. The van der Waals surface area contributed by atoms with Crippen molar-refractivity contribution < 1.29 is 14.7 Å². The van der Waals surface area contributed by atoms with Crippen molar-refractivity contribution >= 4 is 23.6 Å². The monoisotopic (exact) mass is 399 g/mol. The predicted octanol–water partition coefficient (Wildman–Crippen LogP) is 4.65. The van der Waals surface area contributed by atoms with E-state index < -0.39 is 11.9 Å². The summed E-state index contributed by atoms with van der Waals surface area (Å²) in [5.41, 5.74) is 4.86. The van der Waals surface area contributed by atoms with Gasteiger partial charge < -0.3 is 15.0 Å². The van der Waals surface area contributed by atoms with Crippen molar-refractivity contribution in [1.29, 1.82) is 5.26 Å². The second kappa shape index (κ2) is 8.50. The summed E-state index contributed by atoms with van der Waals surface area (Å²) in [5.74, 6) is -1.49. The van der Waals surface area contributed by atoms with Crippen molar-refractivity contribution in [3.8, 4) is 11.8 Å². The average molecular weight is 399 g/mol. The first-order valence-electron chi connectivity index (χ1n) is 9.32. The van der Waals surface area contributed by atoms with Crippen LogP contribution in [0.4, 0.5) is 5.69 Å². The topological polar surface area (TPSA) is 95.1 Å². The second-order valence-electron chi connectivity index (χ2n) is 7.01. The maximum absolute atomic E-state index is 12.6. The number of nitriles is 1. The number of nitrogens with one attached hydrogen (secondary N) is 1. The molecular formula is C24H21N3O3. The third kappa shape index (κ3) is 4.31. The van der Waals surface area contributed by atoms with Crippen LogP contribution in [0.1, 0.15) is 32.9 Å². The van der Waals surface area contributed by atoms with Gasteiger partial charge in [-0.25, -0.2) is 4.79 Å². The number of anilines is 1. The minimum atomic E-state index is -1.00. The van der Waals surface area contributed by atoms with E-state index in [1.165, 1.54) is 6.07 Å². The molecule has 0 aliphatic carbocycles. The van der Waals surface area contributed by atoms with E-state index in [0.29, 0.717) is 16.9 Å². The number of carboxylic acids is 1. The van der Waals surface area contributed by atoms with E-state index in [2.05, 4.69) is 5.32 Å². The van der Waals surface area contributed by atoms with Crippen LogP contribution in [0.25, 0.3) is 11.8 Å². The number of amides is 1. The molecule has 30 heavy (non-hydrogen) atoms. The molecule has 0 fully saturated rings. The van der Waals surface area contributed by atoms with Gasteiger partial charge in [-0.15, -0.1) is 0 Å². The van der Waals surface area contributed by atoms with Gasteiger partial charge in [-0.2, -0.15) is 5.26 Å². The Kier molecular flexibility index (Phi) is 5.84. The Morgan fingerprint density at radius 2 is 1.80 bits per heavy atom. The lowest BCUT2D eigenvalue weighted by Crippen LogP contribution is -2.13. The first-order chi connectivity index (χ1) is 14.3. The van der Waals surface area contributed by atoms with Crippen molar-refractivity contribution in [2.45, 2.75) is 20.8 Å². The van der Waals surface area contributed by atoms with Crippen molar-refractivity contribution in [2.75, 3.05) is 5.32 Å². The molecule has 1 heterocycles. The third-order valence-electron chi connectivity index (χ3n) is 4.76. The van der Waals surface area contributed by atoms with E-state index in [4.69, 9.17) is 0 Å². The van der Waals surface area contributed by atoms with Crippen LogP contribution in [0, 0.1) is 32.1 Å². The smallest absolute Gasteiger partial charge is 0.335 e. The van der Waals surface area contributed by atoms with Crippen molar-refractivity contribution in [2.24, 2.45) is 0 Å². The molecule has 1 aromatic heterocycles. The van der Waals surface area contributed by atoms with E-state index in [1.807, 2.05) is 61.7 Å². The van der Waals surface area contributed by atoms with Crippen LogP contribution in [0.5, 0.6) is 0 Å². The molecule has 0 bridgehead atoms. The molecule has 3 aromatic rings. The molecule has 0 atom stereocenters. The van der Waals surface area contributed by atoms with Crippen molar-refractivity contribution in [3.05, 3.63) is 88.2 Å². The van der Waals surface area contributed by atoms with Gasteiger partial charge in [0.15, 0.2) is 0 Å². The first kappa shape index (κ1) is 20.6. The molecule has 2 N–H and O–H groups in total. The summed E-state index contributed by atoms with van der Waals surface area (Å²) < 4.78 is 1.89. The molecule has 0 spiro atoms. The molecule has 6 heteroatoms. The van der Waals surface area contributed by atoms with Gasteiger partial charge in [0.05, 0.1) is 5.56 Å². The van der Waals surface area contributed by atoms with Crippen LogP contribution < -0.4 is 5.32 Å². The van der Waals surface area contributed by atoms with Gasteiger partial charge >= 0.3 is 5.97 Å². The lowest BCUT2D eigenvalue weighted by atomic mass is 10.1. The summed E-state index contributed by atoms with van der Waals surface area (Å²) in [6.07, 6.45) is 1.55. The molecule has 0 saturated heterocycles. The predicted molar refractivity (Wildman–Crippen MR) is 116 cm³/mol. The summed E-state index contributed by atoms with van der Waals surface area (Å²) in [4.78, 5) is 23.9. The van der Waals surface area contributed by atoms with Crippen LogP contribution in [-0.2, 0) is 4.79 Å². The van der Waals surface area contributed by atoms with Crippen molar-refractivity contribution in [3.63, 3.8) is 0 Å². The minimum absolute atomic E-state index is 0.0176. The fraction of sp³-hybridized carbons (Fsp3) is 0.125. The number of aromatic nitrogens is 1. The summed E-state index contributed by atoms with van der Waals surface area (Å²) >= 11 is 0. The largest absolute Gasteiger partial charge is 0.478 e. The number of aryl methyl sites for hydroxylation is 2. The van der Waals surface area contributed by atoms with E-state index in [9.17, 15) is 20.0 Å². The zero-order chi connectivity index (χ0) is 21.8. The van der Waals surface area contributed by atoms with E-state index in [-0.39, 0.29) is 11.1 Å². The normalized spacial score (nSPS) is 11.1. The highest BCUT2D eigenvalue weighted by Gasteiger charge is 2.15. The van der Waals surface area contributed by atoms with Crippen molar-refractivity contribution in [1.82, 2.24) is 4.57 Å². The fourth-order valence-corrected chi connectivity index (χ4v) is 3.33. The van der Waals surface area contributed by atoms with E-state index in [1.54, 1.807) is 24.3 Å². The Balaban J connectivity index is 1.96. The SMILES string of the molecule is Cc1cccc(NC(=O)/C(C#N)=C\c2cc(C)n(-c3cccc(C(=O)O)c3)c2C)c1. The lowest BCUT2D eigenvalue weighted by Gasteiger charge is -2.10. The molecule has 3 rings (SSSR count). The number of carboxylic acid groups (broad SMARTS) is 1. The van der Waals surface area contributed by atoms with Crippen LogP contribution >= 0.6 is 0 Å². The Bertz CT molecular complexity index is 1210. The number of nitrogens with zero attached hydrogens (tertiary/aromatic N) is 2. The number of carbonyl (C=O) groups excluding carboxylic acids is 1. The summed E-state index contributed by atoms with van der Waals surface area (Å²) in [7, 11) is 0. The fourth-order valence-electron chi connectivity index (χ4n) is 3.33. The van der Waals surface area contributed by atoms with E-state index >= 15 is 0 Å². The van der Waals surface area contributed by atoms with Crippen LogP contribution in [0.15, 0.2) is 60.2 Å². The van der Waals surface area contributed by atoms with Crippen LogP contribution in [-0.4, -0.2) is 21.6 Å². The lowest BCUT2D eigenvalue weighted by molar-refractivity contribution is -0.112. The van der Waals surface area contributed by atoms with E-state index in [0.717, 1.165) is 17.0 Å².